The number of rotatable bonds is 4. The summed E-state index contributed by atoms with van der Waals surface area (Å²) >= 11 is 0. The molecule has 0 saturated heterocycles. The highest BCUT2D eigenvalue weighted by atomic mass is 16.3. The summed E-state index contributed by atoms with van der Waals surface area (Å²) < 4.78 is 2.08. The van der Waals surface area contributed by atoms with Gasteiger partial charge in [-0.3, -0.25) is 9.72 Å². The average molecular weight is 322 g/mol. The Labute approximate surface area is 141 Å². The molecule has 1 aromatic carbocycles. The molecule has 0 spiro atoms. The van der Waals surface area contributed by atoms with Gasteiger partial charge in [0.2, 0.25) is 5.78 Å². The van der Waals surface area contributed by atoms with E-state index < -0.39 is 0 Å². The first-order valence-electron chi connectivity index (χ1n) is 8.38. The lowest BCUT2D eigenvalue weighted by Gasteiger charge is -2.30. The van der Waals surface area contributed by atoms with Crippen molar-refractivity contribution >= 4 is 5.78 Å². The highest BCUT2D eigenvalue weighted by Crippen LogP contribution is 2.36. The molecule has 0 fully saturated rings. The van der Waals surface area contributed by atoms with Crippen LogP contribution in [-0.2, 0) is 18.5 Å². The Balaban J connectivity index is 1.66. The van der Waals surface area contributed by atoms with Crippen LogP contribution in [-0.4, -0.2) is 26.1 Å². The van der Waals surface area contributed by atoms with Crippen LogP contribution < -0.4 is 5.32 Å². The van der Waals surface area contributed by atoms with Gasteiger partial charge in [0.1, 0.15) is 0 Å². The lowest BCUT2D eigenvalue weighted by atomic mass is 9.92. The molecule has 0 radical (unpaired) electrons. The quantitative estimate of drug-likeness (QED) is 0.773. The normalized spacial score (nSPS) is 19.8. The van der Waals surface area contributed by atoms with Crippen LogP contribution in [0.2, 0.25) is 0 Å². The maximum Gasteiger partial charge on any atom is 0.234 e. The fourth-order valence-electron chi connectivity index (χ4n) is 3.87. The van der Waals surface area contributed by atoms with Gasteiger partial charge in [-0.05, 0) is 43.9 Å². The van der Waals surface area contributed by atoms with Crippen molar-refractivity contribution in [3.8, 4) is 0 Å². The highest BCUT2D eigenvalue weighted by molar-refractivity contribution is 5.39. The van der Waals surface area contributed by atoms with Gasteiger partial charge in [0.15, 0.2) is 0 Å². The molecule has 0 aliphatic heterocycles. The summed E-state index contributed by atoms with van der Waals surface area (Å²) in [5, 5.41) is 13.7. The molecular weight excluding hydrogens is 300 g/mol. The Kier molecular flexibility index (Phi) is 3.62. The van der Waals surface area contributed by atoms with Crippen molar-refractivity contribution in [1.29, 1.82) is 0 Å². The number of hydrogen-bond donors (Lipinski definition) is 2. The van der Waals surface area contributed by atoms with Crippen molar-refractivity contribution in [2.75, 3.05) is 6.61 Å². The molecule has 4 rings (SSSR count). The van der Waals surface area contributed by atoms with Crippen LogP contribution in [0, 0.1) is 13.8 Å². The zero-order valence-electron chi connectivity index (χ0n) is 14.1. The minimum absolute atomic E-state index is 0.0943. The van der Waals surface area contributed by atoms with Crippen LogP contribution in [0.25, 0.3) is 5.78 Å². The van der Waals surface area contributed by atoms with E-state index in [9.17, 15) is 5.11 Å². The van der Waals surface area contributed by atoms with Crippen LogP contribution >= 0.6 is 0 Å². The van der Waals surface area contributed by atoms with E-state index >= 15 is 0 Å². The summed E-state index contributed by atoms with van der Waals surface area (Å²) in [5.41, 5.74) is 5.33. The zero-order chi connectivity index (χ0) is 16.7. The summed E-state index contributed by atoms with van der Waals surface area (Å²) in [6, 6.07) is 10.4. The fourth-order valence-corrected chi connectivity index (χ4v) is 3.87. The van der Waals surface area contributed by atoms with E-state index in [2.05, 4.69) is 50.9 Å². The second kappa shape index (κ2) is 5.69. The van der Waals surface area contributed by atoms with Gasteiger partial charge in [-0.2, -0.15) is 0 Å². The van der Waals surface area contributed by atoms with Crippen molar-refractivity contribution in [2.45, 2.75) is 38.8 Å². The summed E-state index contributed by atoms with van der Waals surface area (Å²) in [7, 11) is 0. The molecule has 24 heavy (non-hydrogen) atoms. The molecule has 0 bridgehead atoms. The van der Waals surface area contributed by atoms with Gasteiger partial charge >= 0.3 is 0 Å². The SMILES string of the molecule is Cc1cc(C)n2c(CNC3(CO)CCc4ccccc43)cnc2n1. The lowest BCUT2D eigenvalue weighted by molar-refractivity contribution is 0.158. The third-order valence-electron chi connectivity index (χ3n) is 5.09. The van der Waals surface area contributed by atoms with Gasteiger partial charge < -0.3 is 5.11 Å². The minimum atomic E-state index is -0.368. The van der Waals surface area contributed by atoms with E-state index in [1.807, 2.05) is 19.2 Å². The van der Waals surface area contributed by atoms with E-state index in [0.29, 0.717) is 6.54 Å². The van der Waals surface area contributed by atoms with Gasteiger partial charge in [0, 0.05) is 17.9 Å². The Morgan fingerprint density at radius 2 is 2.12 bits per heavy atom. The predicted octanol–water partition coefficient (Wildman–Crippen LogP) is 2.27. The van der Waals surface area contributed by atoms with E-state index in [1.54, 1.807) is 0 Å². The molecular formula is C19H22N4O. The second-order valence-corrected chi connectivity index (χ2v) is 6.67. The molecule has 1 unspecified atom stereocenters. The first-order chi connectivity index (χ1) is 11.6. The number of benzene rings is 1. The van der Waals surface area contributed by atoms with Crippen LogP contribution in [0.4, 0.5) is 0 Å². The third kappa shape index (κ3) is 2.32. The van der Waals surface area contributed by atoms with Gasteiger partial charge in [-0.15, -0.1) is 0 Å². The number of fused-ring (bicyclic) bond motifs is 2. The molecule has 1 aliphatic rings. The Hall–Kier alpha value is -2.24. The third-order valence-corrected chi connectivity index (χ3v) is 5.09. The predicted molar refractivity (Wildman–Crippen MR) is 92.8 cm³/mol. The van der Waals surface area contributed by atoms with Crippen molar-refractivity contribution in [3.05, 3.63) is 64.7 Å². The lowest BCUT2D eigenvalue weighted by Crippen LogP contribution is -2.43. The van der Waals surface area contributed by atoms with Crippen LogP contribution in [0.5, 0.6) is 0 Å². The van der Waals surface area contributed by atoms with Crippen molar-refractivity contribution in [1.82, 2.24) is 19.7 Å². The minimum Gasteiger partial charge on any atom is -0.394 e. The number of aryl methyl sites for hydroxylation is 3. The number of imidazole rings is 1. The van der Waals surface area contributed by atoms with E-state index in [4.69, 9.17) is 0 Å². The van der Waals surface area contributed by atoms with E-state index in [-0.39, 0.29) is 12.1 Å². The van der Waals surface area contributed by atoms with Crippen molar-refractivity contribution < 1.29 is 5.11 Å². The zero-order valence-corrected chi connectivity index (χ0v) is 14.1. The number of hydrogen-bond acceptors (Lipinski definition) is 4. The number of aliphatic hydroxyl groups excluding tert-OH is 1. The molecule has 124 valence electrons. The molecule has 5 heteroatoms. The first-order valence-corrected chi connectivity index (χ1v) is 8.38. The van der Waals surface area contributed by atoms with Crippen LogP contribution in [0.1, 0.15) is 34.6 Å². The summed E-state index contributed by atoms with van der Waals surface area (Å²) in [4.78, 5) is 8.91. The van der Waals surface area contributed by atoms with Gasteiger partial charge in [0.05, 0.1) is 24.0 Å². The van der Waals surface area contributed by atoms with Crippen LogP contribution in [0.15, 0.2) is 36.5 Å². The molecule has 3 aromatic rings. The van der Waals surface area contributed by atoms with Gasteiger partial charge in [-0.1, -0.05) is 24.3 Å². The summed E-state index contributed by atoms with van der Waals surface area (Å²) in [6.45, 7) is 4.79. The summed E-state index contributed by atoms with van der Waals surface area (Å²) in [5.74, 6) is 0.731. The van der Waals surface area contributed by atoms with Gasteiger partial charge in [0.25, 0.3) is 0 Å². The molecule has 0 saturated carbocycles. The monoisotopic (exact) mass is 322 g/mol. The molecule has 2 aromatic heterocycles. The molecule has 5 nitrogen and oxygen atoms in total. The number of aliphatic hydroxyl groups is 1. The number of nitrogens with one attached hydrogen (secondary N) is 1. The average Bonchev–Trinajstić information content (AvgIpc) is 3.15. The molecule has 1 atom stereocenters. The molecule has 1 aliphatic carbocycles. The topological polar surface area (TPSA) is 62.5 Å². The Morgan fingerprint density at radius 3 is 2.96 bits per heavy atom. The largest absolute Gasteiger partial charge is 0.394 e. The number of aromatic nitrogens is 3. The molecule has 2 heterocycles. The molecule has 0 amide bonds. The first kappa shape index (κ1) is 15.3. The standard InChI is InChI=1S/C19H22N4O/c1-13-9-14(2)23-16(10-20-18(23)22-13)11-21-19(12-24)8-7-15-5-3-4-6-17(15)19/h3-6,9-10,21,24H,7-8,11-12H2,1-2H3. The second-order valence-electron chi connectivity index (χ2n) is 6.67. The summed E-state index contributed by atoms with van der Waals surface area (Å²) in [6.07, 6.45) is 3.78. The maximum absolute atomic E-state index is 10.1. The van der Waals surface area contributed by atoms with Crippen molar-refractivity contribution in [2.24, 2.45) is 0 Å². The molecule has 2 N–H and O–H groups in total. The van der Waals surface area contributed by atoms with Crippen LogP contribution in [0.3, 0.4) is 0 Å². The number of nitrogens with zero attached hydrogens (tertiary/aromatic N) is 3. The smallest absolute Gasteiger partial charge is 0.234 e. The van der Waals surface area contributed by atoms with E-state index in [0.717, 1.165) is 35.7 Å². The fraction of sp³-hybridized carbons (Fsp3) is 0.368. The Morgan fingerprint density at radius 1 is 1.29 bits per heavy atom. The highest BCUT2D eigenvalue weighted by Gasteiger charge is 2.37. The van der Waals surface area contributed by atoms with Gasteiger partial charge in [-0.25, -0.2) is 9.97 Å². The maximum atomic E-state index is 10.1. The van der Waals surface area contributed by atoms with Crippen molar-refractivity contribution in [3.63, 3.8) is 0 Å². The van der Waals surface area contributed by atoms with E-state index in [1.165, 1.54) is 11.1 Å². The Bertz CT molecular complexity index is 902.